The zero-order valence-corrected chi connectivity index (χ0v) is 22.7. The fourth-order valence-corrected chi connectivity index (χ4v) is 10.3. The van der Waals surface area contributed by atoms with Gasteiger partial charge in [-0.15, -0.1) is 11.8 Å². The van der Waals surface area contributed by atoms with Gasteiger partial charge in [0.1, 0.15) is 5.75 Å². The third-order valence-corrected chi connectivity index (χ3v) is 11.2. The van der Waals surface area contributed by atoms with Crippen molar-refractivity contribution in [2.24, 2.45) is 29.6 Å². The number of aromatic amines is 1. The van der Waals surface area contributed by atoms with Gasteiger partial charge >= 0.3 is 10.8 Å². The third kappa shape index (κ3) is 3.79. The van der Waals surface area contributed by atoms with E-state index in [-0.39, 0.29) is 70.7 Å². The zero-order valence-electron chi connectivity index (χ0n) is 21.1. The van der Waals surface area contributed by atoms with E-state index in [1.807, 2.05) is 48.5 Å². The topological polar surface area (TPSA) is 106 Å². The largest absolute Gasteiger partial charge is 0.482 e. The molecule has 3 aromatic rings. The summed E-state index contributed by atoms with van der Waals surface area (Å²) in [6.45, 7) is 1.85. The Morgan fingerprint density at radius 1 is 1.03 bits per heavy atom. The van der Waals surface area contributed by atoms with Crippen LogP contribution in [0.25, 0.3) is 0 Å². The number of carbonyl (C=O) groups is 3. The van der Waals surface area contributed by atoms with Gasteiger partial charge in [-0.05, 0) is 60.9 Å². The highest BCUT2D eigenvalue weighted by Crippen LogP contribution is 2.68. The van der Waals surface area contributed by atoms with Crippen LogP contribution < -0.4 is 14.5 Å². The Hall–Kier alpha value is -3.37. The van der Waals surface area contributed by atoms with Gasteiger partial charge in [0.25, 0.3) is 0 Å². The van der Waals surface area contributed by atoms with E-state index in [2.05, 4.69) is 4.98 Å². The summed E-state index contributed by atoms with van der Waals surface area (Å²) in [5.41, 5.74) is 1.60. The molecule has 0 spiro atoms. The van der Waals surface area contributed by atoms with Crippen LogP contribution in [-0.4, -0.2) is 41.2 Å². The molecule has 8 nitrogen and oxygen atoms in total. The molecule has 2 aliphatic heterocycles. The number of hydrogen-bond donors (Lipinski definition) is 1. The molecule has 7 rings (SSSR count). The highest BCUT2D eigenvalue weighted by atomic mass is 32.2. The second kappa shape index (κ2) is 9.38. The summed E-state index contributed by atoms with van der Waals surface area (Å²) in [5, 5.41) is 0.963. The minimum Gasteiger partial charge on any atom is -0.482 e. The molecule has 2 saturated carbocycles. The SMILES string of the molecule is CCOC(=O)COc1cccc([C@H]2c3sc(=O)[nH]c3SC3C4CC(C5C(=O)N(c6ccccc6)C(=O)C45)C32)c1. The Labute approximate surface area is 232 Å². The Kier molecular flexibility index (Phi) is 5.93. The average molecular weight is 563 g/mol. The minimum absolute atomic E-state index is 0.0297. The molecule has 39 heavy (non-hydrogen) atoms. The number of esters is 1. The molecule has 2 aliphatic carbocycles. The van der Waals surface area contributed by atoms with Crippen molar-refractivity contribution >= 4 is 46.6 Å². The molecule has 3 heterocycles. The number of imide groups is 1. The Bertz CT molecular complexity index is 1530. The normalized spacial score (nSPS) is 30.2. The Balaban J connectivity index is 1.25. The maximum absolute atomic E-state index is 13.8. The van der Waals surface area contributed by atoms with Crippen LogP contribution in [0.5, 0.6) is 5.75 Å². The number of H-pyrrole nitrogens is 1. The summed E-state index contributed by atoms with van der Waals surface area (Å²) in [4.78, 5) is 57.1. The second-order valence-corrected chi connectivity index (χ2v) is 12.7. The van der Waals surface area contributed by atoms with Crippen molar-refractivity contribution in [1.29, 1.82) is 0 Å². The number of thiazole rings is 1. The van der Waals surface area contributed by atoms with Gasteiger partial charge in [0, 0.05) is 16.0 Å². The van der Waals surface area contributed by atoms with Crippen LogP contribution in [0, 0.1) is 29.6 Å². The number of hydrogen-bond acceptors (Lipinski definition) is 8. The number of amides is 2. The lowest BCUT2D eigenvalue weighted by atomic mass is 9.68. The molecule has 1 saturated heterocycles. The van der Waals surface area contributed by atoms with Crippen molar-refractivity contribution in [1.82, 2.24) is 4.98 Å². The fraction of sp³-hybridized carbons (Fsp3) is 0.379. The van der Waals surface area contributed by atoms with Crippen LogP contribution in [0.3, 0.4) is 0 Å². The maximum atomic E-state index is 13.8. The summed E-state index contributed by atoms with van der Waals surface area (Å²) < 4.78 is 10.7. The van der Waals surface area contributed by atoms with E-state index in [0.717, 1.165) is 21.9 Å². The molecule has 4 aliphatic rings. The first-order valence-electron chi connectivity index (χ1n) is 13.2. The molecule has 2 amide bonds. The molecule has 2 bridgehead atoms. The van der Waals surface area contributed by atoms with Crippen LogP contribution in [0.4, 0.5) is 5.69 Å². The number of rotatable bonds is 6. The monoisotopic (exact) mass is 562 g/mol. The van der Waals surface area contributed by atoms with E-state index in [1.165, 1.54) is 16.2 Å². The van der Waals surface area contributed by atoms with Gasteiger partial charge in [-0.2, -0.15) is 0 Å². The van der Waals surface area contributed by atoms with E-state index in [1.54, 1.807) is 24.8 Å². The molecule has 0 radical (unpaired) electrons. The van der Waals surface area contributed by atoms with Crippen LogP contribution in [0.15, 0.2) is 64.4 Å². The van der Waals surface area contributed by atoms with E-state index in [4.69, 9.17) is 9.47 Å². The van der Waals surface area contributed by atoms with Crippen molar-refractivity contribution < 1.29 is 23.9 Å². The molecular weight excluding hydrogens is 536 g/mol. The van der Waals surface area contributed by atoms with Gasteiger partial charge in [0.15, 0.2) is 6.61 Å². The van der Waals surface area contributed by atoms with E-state index in [0.29, 0.717) is 11.4 Å². The van der Waals surface area contributed by atoms with Crippen molar-refractivity contribution in [3.63, 3.8) is 0 Å². The van der Waals surface area contributed by atoms with Crippen LogP contribution in [0.2, 0.25) is 0 Å². The predicted octanol–water partition coefficient (Wildman–Crippen LogP) is 4.06. The van der Waals surface area contributed by atoms with Crippen molar-refractivity contribution in [3.05, 3.63) is 74.7 Å². The van der Waals surface area contributed by atoms with E-state index in [9.17, 15) is 19.2 Å². The first-order valence-corrected chi connectivity index (χ1v) is 14.9. The summed E-state index contributed by atoms with van der Waals surface area (Å²) in [5.74, 6) is -0.721. The molecule has 10 heteroatoms. The molecule has 3 fully saturated rings. The van der Waals surface area contributed by atoms with E-state index < -0.39 is 5.97 Å². The molecule has 200 valence electrons. The number of fused-ring (bicyclic) bond motifs is 9. The molecule has 6 unspecified atom stereocenters. The van der Waals surface area contributed by atoms with Gasteiger partial charge in [-0.1, -0.05) is 41.7 Å². The molecule has 2 aromatic carbocycles. The molecule has 7 atom stereocenters. The number of thioether (sulfide) groups is 1. The Morgan fingerprint density at radius 2 is 1.79 bits per heavy atom. The fourth-order valence-electron chi connectivity index (χ4n) is 7.36. The predicted molar refractivity (Wildman–Crippen MR) is 146 cm³/mol. The summed E-state index contributed by atoms with van der Waals surface area (Å²) in [6, 6.07) is 16.8. The molecule has 1 aromatic heterocycles. The summed E-state index contributed by atoms with van der Waals surface area (Å²) in [6.07, 6.45) is 0.826. The lowest BCUT2D eigenvalue weighted by Gasteiger charge is -2.43. The van der Waals surface area contributed by atoms with E-state index >= 15 is 0 Å². The van der Waals surface area contributed by atoms with Gasteiger partial charge < -0.3 is 14.5 Å². The van der Waals surface area contributed by atoms with Crippen molar-refractivity contribution in [2.75, 3.05) is 18.1 Å². The number of anilines is 1. The standard InChI is InChI=1S/C29H26N2O6S2/c1-2-36-19(32)13-37-16-10-6-7-14(11-16)20-21-17-12-18(24(21)38-26-25(20)39-29(35)30-26)23-22(17)27(33)31(28(23)34)15-8-4-3-5-9-15/h3-11,17-18,20-24H,2,12-13H2,1H3,(H,30,35)/t17?,18?,20-,21?,22?,23?,24?/m1/s1. The number of carbonyl (C=O) groups excluding carboxylic acids is 3. The van der Waals surface area contributed by atoms with Crippen LogP contribution in [0.1, 0.15) is 29.7 Å². The lowest BCUT2D eigenvalue weighted by Crippen LogP contribution is -2.42. The van der Waals surface area contributed by atoms with Crippen molar-refractivity contribution in [2.45, 2.75) is 29.5 Å². The number of nitrogens with one attached hydrogen (secondary N) is 1. The third-order valence-electron chi connectivity index (χ3n) is 8.62. The minimum atomic E-state index is -0.435. The first kappa shape index (κ1) is 24.7. The second-order valence-electron chi connectivity index (χ2n) is 10.5. The van der Waals surface area contributed by atoms with Gasteiger partial charge in [-0.3, -0.25) is 19.3 Å². The lowest BCUT2D eigenvalue weighted by molar-refractivity contribution is -0.145. The first-order chi connectivity index (χ1) is 19.0. The number of para-hydroxylation sites is 1. The number of benzene rings is 2. The molecular formula is C29H26N2O6S2. The maximum Gasteiger partial charge on any atom is 0.344 e. The number of aromatic nitrogens is 1. The number of ether oxygens (including phenoxy) is 2. The van der Waals surface area contributed by atoms with Gasteiger partial charge in [0.05, 0.1) is 29.2 Å². The smallest absolute Gasteiger partial charge is 0.344 e. The van der Waals surface area contributed by atoms with Crippen LogP contribution in [-0.2, 0) is 19.1 Å². The summed E-state index contributed by atoms with van der Waals surface area (Å²) in [7, 11) is 0. The van der Waals surface area contributed by atoms with Gasteiger partial charge in [0.2, 0.25) is 11.8 Å². The van der Waals surface area contributed by atoms with Crippen molar-refractivity contribution in [3.8, 4) is 5.75 Å². The quantitative estimate of drug-likeness (QED) is 0.357. The average Bonchev–Trinajstić information content (AvgIpc) is 3.67. The summed E-state index contributed by atoms with van der Waals surface area (Å²) >= 11 is 2.88. The van der Waals surface area contributed by atoms with Crippen LogP contribution >= 0.6 is 23.1 Å². The number of nitrogens with zero attached hydrogens (tertiary/aromatic N) is 1. The highest BCUT2D eigenvalue weighted by molar-refractivity contribution is 8.00. The highest BCUT2D eigenvalue weighted by Gasteiger charge is 2.69. The Morgan fingerprint density at radius 3 is 2.56 bits per heavy atom. The molecule has 1 N–H and O–H groups in total. The zero-order chi connectivity index (χ0) is 26.8. The van der Waals surface area contributed by atoms with Gasteiger partial charge in [-0.25, -0.2) is 4.79 Å².